The normalized spacial score (nSPS) is 36.2. The van der Waals surface area contributed by atoms with Gasteiger partial charge in [0.2, 0.25) is 0 Å². The number of hydrogen-bond acceptors (Lipinski definition) is 1. The van der Waals surface area contributed by atoms with Gasteiger partial charge in [0, 0.05) is 16.6 Å². The third-order valence-electron chi connectivity index (χ3n) is 6.04. The van der Waals surface area contributed by atoms with Crippen molar-refractivity contribution in [2.75, 3.05) is 0 Å². The van der Waals surface area contributed by atoms with E-state index in [2.05, 4.69) is 73.2 Å². The zero-order valence-electron chi connectivity index (χ0n) is 13.0. The van der Waals surface area contributed by atoms with E-state index >= 15 is 0 Å². The van der Waals surface area contributed by atoms with Gasteiger partial charge in [0.25, 0.3) is 0 Å². The minimum Gasteiger partial charge on any atom is -0.306 e. The molecule has 0 saturated heterocycles. The van der Waals surface area contributed by atoms with Crippen molar-refractivity contribution in [3.05, 3.63) is 34.3 Å². The molecule has 1 nitrogen and oxygen atoms in total. The summed E-state index contributed by atoms with van der Waals surface area (Å²) in [6.07, 6.45) is 4.22. The van der Waals surface area contributed by atoms with Crippen LogP contribution in [0.25, 0.3) is 0 Å². The molecular formula is C18H26BrN. The highest BCUT2D eigenvalue weighted by atomic mass is 79.9. The summed E-state index contributed by atoms with van der Waals surface area (Å²) in [5, 5.41) is 3.96. The first kappa shape index (κ1) is 14.6. The van der Waals surface area contributed by atoms with Crippen LogP contribution in [-0.4, -0.2) is 6.04 Å². The van der Waals surface area contributed by atoms with Gasteiger partial charge < -0.3 is 5.32 Å². The van der Waals surface area contributed by atoms with Crippen LogP contribution in [0.4, 0.5) is 0 Å². The molecule has 0 aliphatic heterocycles. The minimum atomic E-state index is 0.410. The molecular weight excluding hydrogens is 310 g/mol. The van der Waals surface area contributed by atoms with E-state index in [4.69, 9.17) is 0 Å². The van der Waals surface area contributed by atoms with E-state index in [1.165, 1.54) is 29.3 Å². The first-order valence-corrected chi connectivity index (χ1v) is 8.64. The molecule has 1 N–H and O–H groups in total. The topological polar surface area (TPSA) is 12.0 Å². The highest BCUT2D eigenvalue weighted by Crippen LogP contribution is 2.62. The number of fused-ring (bicyclic) bond motifs is 2. The van der Waals surface area contributed by atoms with Gasteiger partial charge in [-0.1, -0.05) is 48.8 Å². The molecule has 2 aliphatic carbocycles. The first-order valence-electron chi connectivity index (χ1n) is 7.84. The molecule has 2 bridgehead atoms. The summed E-state index contributed by atoms with van der Waals surface area (Å²) < 4.78 is 1.17. The van der Waals surface area contributed by atoms with Crippen molar-refractivity contribution in [2.45, 2.75) is 59.0 Å². The summed E-state index contributed by atoms with van der Waals surface area (Å²) in [7, 11) is 0. The van der Waals surface area contributed by atoms with Gasteiger partial charge in [0.15, 0.2) is 0 Å². The molecule has 3 rings (SSSR count). The zero-order valence-corrected chi connectivity index (χ0v) is 14.6. The second-order valence-electron chi connectivity index (χ2n) is 7.79. The molecule has 0 radical (unpaired) electrons. The van der Waals surface area contributed by atoms with Crippen LogP contribution in [0.1, 0.15) is 58.6 Å². The lowest BCUT2D eigenvalue weighted by Gasteiger charge is -2.44. The maximum Gasteiger partial charge on any atom is 0.0295 e. The van der Waals surface area contributed by atoms with Gasteiger partial charge in [-0.25, -0.2) is 0 Å². The van der Waals surface area contributed by atoms with E-state index in [0.29, 0.717) is 22.9 Å². The van der Waals surface area contributed by atoms with Crippen LogP contribution in [0.2, 0.25) is 0 Å². The molecule has 0 heterocycles. The molecule has 20 heavy (non-hydrogen) atoms. The van der Waals surface area contributed by atoms with E-state index in [1.54, 1.807) is 0 Å². The Labute approximate surface area is 131 Å². The molecule has 0 aromatic heterocycles. The van der Waals surface area contributed by atoms with Gasteiger partial charge in [0.05, 0.1) is 0 Å². The largest absolute Gasteiger partial charge is 0.306 e. The highest BCUT2D eigenvalue weighted by molar-refractivity contribution is 9.10. The number of rotatable bonds is 3. The van der Waals surface area contributed by atoms with E-state index in [1.807, 2.05) is 0 Å². The van der Waals surface area contributed by atoms with Crippen LogP contribution >= 0.6 is 15.9 Å². The van der Waals surface area contributed by atoms with Crippen LogP contribution in [-0.2, 0) is 0 Å². The smallest absolute Gasteiger partial charge is 0.0295 e. The second kappa shape index (κ2) is 4.84. The van der Waals surface area contributed by atoms with Gasteiger partial charge in [-0.3, -0.25) is 0 Å². The van der Waals surface area contributed by atoms with Crippen LogP contribution in [0.5, 0.6) is 0 Å². The van der Waals surface area contributed by atoms with E-state index in [9.17, 15) is 0 Å². The van der Waals surface area contributed by atoms with Crippen LogP contribution in [0, 0.1) is 16.7 Å². The summed E-state index contributed by atoms with van der Waals surface area (Å²) in [4.78, 5) is 0. The van der Waals surface area contributed by atoms with Crippen LogP contribution in [0.3, 0.4) is 0 Å². The molecule has 0 spiro atoms. The predicted octanol–water partition coefficient (Wildman–Crippen LogP) is 5.31. The second-order valence-corrected chi connectivity index (χ2v) is 8.71. The third kappa shape index (κ3) is 2.25. The molecule has 0 amide bonds. The Morgan fingerprint density at radius 2 is 2.05 bits per heavy atom. The SMILES string of the molecule is C[C@H](NC1C2(C)CCC(C2)C1(C)C)c1cccc(Br)c1. The Morgan fingerprint density at radius 3 is 2.65 bits per heavy atom. The number of halogens is 1. The van der Waals surface area contributed by atoms with Crippen molar-refractivity contribution in [3.8, 4) is 0 Å². The van der Waals surface area contributed by atoms with E-state index < -0.39 is 0 Å². The lowest BCUT2D eigenvalue weighted by molar-refractivity contribution is 0.100. The quantitative estimate of drug-likeness (QED) is 0.788. The summed E-state index contributed by atoms with van der Waals surface area (Å²) in [5.74, 6) is 0.903. The van der Waals surface area contributed by atoms with Crippen molar-refractivity contribution in [1.82, 2.24) is 5.32 Å². The summed E-state index contributed by atoms with van der Waals surface area (Å²) in [6.45, 7) is 9.72. The standard InChI is InChI=1S/C18H26BrN/c1-12(13-6-5-7-15(19)10-13)20-16-17(2,3)14-8-9-18(16,4)11-14/h5-7,10,12,14,16,20H,8-9,11H2,1-4H3/t12-,14?,16?,18?/m0/s1. The summed E-state index contributed by atoms with van der Waals surface area (Å²) in [6, 6.07) is 9.73. The molecule has 2 fully saturated rings. The molecule has 2 saturated carbocycles. The van der Waals surface area contributed by atoms with Crippen LogP contribution in [0.15, 0.2) is 28.7 Å². The Kier molecular flexibility index (Phi) is 3.53. The highest BCUT2D eigenvalue weighted by Gasteiger charge is 2.59. The fraction of sp³-hybridized carbons (Fsp3) is 0.667. The van der Waals surface area contributed by atoms with Gasteiger partial charge in [0.1, 0.15) is 0 Å². The summed E-state index contributed by atoms with van der Waals surface area (Å²) >= 11 is 3.58. The maximum atomic E-state index is 3.96. The molecule has 2 aliphatic rings. The van der Waals surface area contributed by atoms with Crippen molar-refractivity contribution in [1.29, 1.82) is 0 Å². The Hall–Kier alpha value is -0.340. The predicted molar refractivity (Wildman–Crippen MR) is 88.7 cm³/mol. The molecule has 110 valence electrons. The maximum absolute atomic E-state index is 3.96. The zero-order chi connectivity index (χ0) is 14.5. The van der Waals surface area contributed by atoms with Gasteiger partial charge >= 0.3 is 0 Å². The lowest BCUT2D eigenvalue weighted by Crippen LogP contribution is -2.50. The van der Waals surface area contributed by atoms with E-state index in [-0.39, 0.29) is 0 Å². The van der Waals surface area contributed by atoms with Crippen molar-refractivity contribution >= 4 is 15.9 Å². The van der Waals surface area contributed by atoms with E-state index in [0.717, 1.165) is 5.92 Å². The number of hydrogen-bond donors (Lipinski definition) is 1. The molecule has 4 atom stereocenters. The van der Waals surface area contributed by atoms with Gasteiger partial charge in [-0.15, -0.1) is 0 Å². The first-order chi connectivity index (χ1) is 9.33. The van der Waals surface area contributed by atoms with Crippen molar-refractivity contribution in [2.24, 2.45) is 16.7 Å². The fourth-order valence-electron chi connectivity index (χ4n) is 4.84. The minimum absolute atomic E-state index is 0.410. The van der Waals surface area contributed by atoms with Gasteiger partial charge in [-0.05, 0) is 60.6 Å². The number of nitrogens with one attached hydrogen (secondary N) is 1. The van der Waals surface area contributed by atoms with Crippen molar-refractivity contribution in [3.63, 3.8) is 0 Å². The fourth-order valence-corrected chi connectivity index (χ4v) is 5.26. The Bertz CT molecular complexity index is 505. The molecule has 3 unspecified atom stereocenters. The Balaban J connectivity index is 1.80. The Morgan fingerprint density at radius 1 is 1.30 bits per heavy atom. The lowest BCUT2D eigenvalue weighted by atomic mass is 9.68. The number of benzene rings is 1. The average Bonchev–Trinajstić information content (AvgIpc) is 2.85. The summed E-state index contributed by atoms with van der Waals surface area (Å²) in [5.41, 5.74) is 2.29. The van der Waals surface area contributed by atoms with Gasteiger partial charge in [-0.2, -0.15) is 0 Å². The van der Waals surface area contributed by atoms with Crippen LogP contribution < -0.4 is 5.32 Å². The van der Waals surface area contributed by atoms with Crippen molar-refractivity contribution < 1.29 is 0 Å². The monoisotopic (exact) mass is 335 g/mol. The molecule has 1 aromatic rings. The average molecular weight is 336 g/mol. The molecule has 1 aromatic carbocycles. The molecule has 2 heteroatoms. The third-order valence-corrected chi connectivity index (χ3v) is 6.53.